The molecular weight excluding hydrogens is 463 g/mol. The summed E-state index contributed by atoms with van der Waals surface area (Å²) in [5.41, 5.74) is 3.01. The van der Waals surface area contributed by atoms with Crippen molar-refractivity contribution in [1.29, 1.82) is 5.26 Å². The second kappa shape index (κ2) is 12.4. The Labute approximate surface area is 222 Å². The average molecular weight is 507 g/mol. The maximum absolute atomic E-state index is 15.8. The Morgan fingerprint density at radius 1 is 1.14 bits per heavy atom. The molecule has 1 aliphatic carbocycles. The third-order valence-corrected chi connectivity index (χ3v) is 8.38. The van der Waals surface area contributed by atoms with Gasteiger partial charge in [0.15, 0.2) is 0 Å². The fourth-order valence-corrected chi connectivity index (χ4v) is 5.78. The number of benzene rings is 2. The molecule has 37 heavy (non-hydrogen) atoms. The lowest BCUT2D eigenvalue weighted by Gasteiger charge is -2.39. The summed E-state index contributed by atoms with van der Waals surface area (Å²) < 4.78 is 15.8. The monoisotopic (exact) mass is 506 g/mol. The van der Waals surface area contributed by atoms with E-state index in [1.165, 1.54) is 24.8 Å². The zero-order chi connectivity index (χ0) is 26.4. The Balaban J connectivity index is 1.45. The first kappa shape index (κ1) is 27.6. The van der Waals surface area contributed by atoms with Crippen LogP contribution in [0.15, 0.2) is 42.5 Å². The van der Waals surface area contributed by atoms with Gasteiger partial charge in [0.1, 0.15) is 11.9 Å². The first-order valence-corrected chi connectivity index (χ1v) is 14.1. The molecule has 3 N–H and O–H groups in total. The normalized spacial score (nSPS) is 20.4. The average Bonchev–Trinajstić information content (AvgIpc) is 2.88. The number of rotatable bonds is 11. The summed E-state index contributed by atoms with van der Waals surface area (Å²) in [5.74, 6) is 0.577. The topological polar surface area (TPSA) is 71.3 Å². The fourth-order valence-electron chi connectivity index (χ4n) is 5.78. The highest BCUT2D eigenvalue weighted by atomic mass is 19.1. The van der Waals surface area contributed by atoms with Gasteiger partial charge >= 0.3 is 0 Å². The minimum Gasteiger partial charge on any atom is -0.374 e. The number of piperidine rings is 1. The largest absolute Gasteiger partial charge is 0.374 e. The van der Waals surface area contributed by atoms with Crippen LogP contribution in [-0.4, -0.2) is 35.3 Å². The predicted octanol–water partition coefficient (Wildman–Crippen LogP) is 6.70. The summed E-state index contributed by atoms with van der Waals surface area (Å²) in [6.07, 6.45) is 7.11. The Morgan fingerprint density at radius 3 is 2.41 bits per heavy atom. The highest BCUT2D eigenvalue weighted by Crippen LogP contribution is 2.42. The Kier molecular flexibility index (Phi) is 9.23. The van der Waals surface area contributed by atoms with E-state index in [1.54, 1.807) is 24.3 Å². The van der Waals surface area contributed by atoms with Gasteiger partial charge in [-0.3, -0.25) is 10.2 Å². The SMILES string of the molecule is CCC[C@H](CC)NC(C)Nc1cc(C(O)N2CCC(F)(c3ccc(C#N)cc3)CC2)ccc1C1CCC1. The smallest absolute Gasteiger partial charge is 0.138 e. The second-order valence-corrected chi connectivity index (χ2v) is 11.0. The van der Waals surface area contributed by atoms with Crippen LogP contribution in [0.4, 0.5) is 10.1 Å². The number of nitrogens with one attached hydrogen (secondary N) is 2. The van der Waals surface area contributed by atoms with Crippen LogP contribution in [0.2, 0.25) is 0 Å². The van der Waals surface area contributed by atoms with Crippen molar-refractivity contribution in [2.75, 3.05) is 18.4 Å². The summed E-state index contributed by atoms with van der Waals surface area (Å²) in [6, 6.07) is 15.7. The molecule has 1 heterocycles. The third-order valence-electron chi connectivity index (χ3n) is 8.38. The van der Waals surface area contributed by atoms with Crippen LogP contribution in [0.3, 0.4) is 0 Å². The molecule has 0 amide bonds. The van der Waals surface area contributed by atoms with Gasteiger partial charge in [-0.15, -0.1) is 0 Å². The number of halogens is 1. The quantitative estimate of drug-likeness (QED) is 0.296. The van der Waals surface area contributed by atoms with Crippen LogP contribution in [-0.2, 0) is 5.67 Å². The Bertz CT molecular complexity index is 1050. The molecule has 4 rings (SSSR count). The van der Waals surface area contributed by atoms with Crippen molar-refractivity contribution in [3.05, 3.63) is 64.7 Å². The van der Waals surface area contributed by atoms with Crippen molar-refractivity contribution >= 4 is 5.69 Å². The lowest BCUT2D eigenvalue weighted by atomic mass is 9.79. The molecule has 0 aromatic heterocycles. The molecule has 1 aliphatic heterocycles. The summed E-state index contributed by atoms with van der Waals surface area (Å²) in [5, 5.41) is 27.7. The number of likely N-dealkylation sites (tertiary alicyclic amines) is 1. The van der Waals surface area contributed by atoms with Gasteiger partial charge in [0.25, 0.3) is 0 Å². The number of hydrogen-bond acceptors (Lipinski definition) is 5. The first-order valence-electron chi connectivity index (χ1n) is 14.1. The van der Waals surface area contributed by atoms with Crippen LogP contribution in [0.1, 0.15) is 107 Å². The predicted molar refractivity (Wildman–Crippen MR) is 148 cm³/mol. The van der Waals surface area contributed by atoms with Crippen molar-refractivity contribution in [3.63, 3.8) is 0 Å². The van der Waals surface area contributed by atoms with Gasteiger partial charge in [0.05, 0.1) is 17.8 Å². The fraction of sp³-hybridized carbons (Fsp3) is 0.581. The van der Waals surface area contributed by atoms with Crippen molar-refractivity contribution in [2.45, 2.75) is 102 Å². The van der Waals surface area contributed by atoms with E-state index in [-0.39, 0.29) is 6.17 Å². The van der Waals surface area contributed by atoms with Gasteiger partial charge in [-0.2, -0.15) is 5.26 Å². The van der Waals surface area contributed by atoms with Gasteiger partial charge in [-0.25, -0.2) is 4.39 Å². The Hall–Kier alpha value is -2.46. The number of aliphatic hydroxyl groups is 1. The van der Waals surface area contributed by atoms with E-state index in [4.69, 9.17) is 5.26 Å². The maximum Gasteiger partial charge on any atom is 0.138 e. The van der Waals surface area contributed by atoms with Crippen LogP contribution >= 0.6 is 0 Å². The number of anilines is 1. The molecule has 3 atom stereocenters. The van der Waals surface area contributed by atoms with Crippen molar-refractivity contribution in [1.82, 2.24) is 10.2 Å². The maximum atomic E-state index is 15.8. The minimum atomic E-state index is -1.43. The summed E-state index contributed by atoms with van der Waals surface area (Å²) >= 11 is 0. The number of alkyl halides is 1. The summed E-state index contributed by atoms with van der Waals surface area (Å²) in [7, 11) is 0. The molecule has 200 valence electrons. The van der Waals surface area contributed by atoms with Gasteiger partial charge < -0.3 is 10.4 Å². The highest BCUT2D eigenvalue weighted by Gasteiger charge is 2.38. The molecule has 1 saturated carbocycles. The molecule has 0 spiro atoms. The molecule has 0 bridgehead atoms. The molecule has 0 radical (unpaired) electrons. The lowest BCUT2D eigenvalue weighted by Crippen LogP contribution is -2.42. The van der Waals surface area contributed by atoms with Crippen molar-refractivity contribution < 1.29 is 9.50 Å². The van der Waals surface area contributed by atoms with E-state index in [2.05, 4.69) is 49.6 Å². The highest BCUT2D eigenvalue weighted by molar-refractivity contribution is 5.56. The molecule has 5 nitrogen and oxygen atoms in total. The number of hydrogen-bond donors (Lipinski definition) is 3. The molecule has 1 saturated heterocycles. The molecule has 2 unspecified atom stereocenters. The van der Waals surface area contributed by atoms with Crippen LogP contribution in [0.5, 0.6) is 0 Å². The standard InChI is InChI=1S/C31H43FN4O/c1-4-7-27(5-2)34-22(3)35-29-20-25(12-15-28(29)24-8-6-9-24)30(37)36-18-16-31(32,17-19-36)26-13-10-23(21-33)11-14-26/h10-15,20,22,24,27,30,34-35,37H,4-9,16-19H2,1-3H3/t22?,27-,30?/m0/s1. The second-order valence-electron chi connectivity index (χ2n) is 11.0. The van der Waals surface area contributed by atoms with Gasteiger partial charge in [0, 0.05) is 24.8 Å². The molecule has 2 aliphatic rings. The van der Waals surface area contributed by atoms with Gasteiger partial charge in [-0.05, 0) is 86.3 Å². The summed E-state index contributed by atoms with van der Waals surface area (Å²) in [4.78, 5) is 1.97. The molecule has 2 fully saturated rings. The van der Waals surface area contributed by atoms with Crippen LogP contribution in [0.25, 0.3) is 0 Å². The molecule has 2 aromatic rings. The molecule has 6 heteroatoms. The zero-order valence-corrected chi connectivity index (χ0v) is 22.6. The van der Waals surface area contributed by atoms with Gasteiger partial charge in [0.2, 0.25) is 0 Å². The van der Waals surface area contributed by atoms with E-state index >= 15 is 4.39 Å². The number of nitrogens with zero attached hydrogens (tertiary/aromatic N) is 2. The number of nitriles is 1. The van der Waals surface area contributed by atoms with E-state index in [1.807, 2.05) is 11.0 Å². The first-order chi connectivity index (χ1) is 17.9. The minimum absolute atomic E-state index is 0.122. The van der Waals surface area contributed by atoms with E-state index in [0.29, 0.717) is 49.0 Å². The van der Waals surface area contributed by atoms with E-state index in [0.717, 1.165) is 30.5 Å². The summed E-state index contributed by atoms with van der Waals surface area (Å²) in [6.45, 7) is 7.55. The van der Waals surface area contributed by atoms with Crippen molar-refractivity contribution in [3.8, 4) is 6.07 Å². The van der Waals surface area contributed by atoms with Crippen LogP contribution in [0, 0.1) is 11.3 Å². The van der Waals surface area contributed by atoms with Gasteiger partial charge in [-0.1, -0.05) is 51.0 Å². The molecule has 2 aromatic carbocycles. The van der Waals surface area contributed by atoms with E-state index < -0.39 is 11.9 Å². The molecular formula is C31H43FN4O. The Morgan fingerprint density at radius 2 is 1.84 bits per heavy atom. The lowest BCUT2D eigenvalue weighted by molar-refractivity contribution is -0.0472. The van der Waals surface area contributed by atoms with Crippen LogP contribution < -0.4 is 10.6 Å². The number of aliphatic hydroxyl groups excluding tert-OH is 1. The van der Waals surface area contributed by atoms with E-state index in [9.17, 15) is 5.11 Å². The zero-order valence-electron chi connectivity index (χ0n) is 22.6. The third kappa shape index (κ3) is 6.52. The van der Waals surface area contributed by atoms with Crippen molar-refractivity contribution in [2.24, 2.45) is 0 Å².